The minimum atomic E-state index is -0.614. The standard InChI is InChI=1S/C18H19BrN4O4/c1-4-12-14-15(20-9-10-8-11(19)6-7-13(10)25-3)21-16(18(24)26-5-2)22-17(14)27-23-12/h6-8H,4-5,9H2,1-3H3,(H,20,21,22). The molecule has 0 aliphatic carbocycles. The number of hydrogen-bond acceptors (Lipinski definition) is 8. The Labute approximate surface area is 164 Å². The normalized spacial score (nSPS) is 10.8. The second-order valence-corrected chi connectivity index (χ2v) is 6.50. The lowest BCUT2D eigenvalue weighted by molar-refractivity contribution is 0.0512. The molecule has 1 N–H and O–H groups in total. The van der Waals surface area contributed by atoms with Crippen molar-refractivity contribution < 1.29 is 18.8 Å². The highest BCUT2D eigenvalue weighted by molar-refractivity contribution is 9.10. The van der Waals surface area contributed by atoms with Gasteiger partial charge in [-0.2, -0.15) is 4.98 Å². The third-order valence-corrected chi connectivity index (χ3v) is 4.38. The molecule has 142 valence electrons. The van der Waals surface area contributed by atoms with Gasteiger partial charge in [-0.1, -0.05) is 28.0 Å². The van der Waals surface area contributed by atoms with Crippen LogP contribution in [0.2, 0.25) is 0 Å². The Hall–Kier alpha value is -2.68. The third kappa shape index (κ3) is 4.02. The van der Waals surface area contributed by atoms with Crippen molar-refractivity contribution in [3.05, 3.63) is 39.8 Å². The topological polar surface area (TPSA) is 99.4 Å². The SMILES string of the molecule is CCOC(=O)c1nc(NCc2cc(Br)ccc2OC)c2c(CC)noc2n1. The fraction of sp³-hybridized carbons (Fsp3) is 0.333. The molecular formula is C18H19BrN4O4. The van der Waals surface area contributed by atoms with Gasteiger partial charge in [-0.05, 0) is 31.5 Å². The van der Waals surface area contributed by atoms with Crippen LogP contribution in [0.1, 0.15) is 35.7 Å². The molecule has 0 atom stereocenters. The van der Waals surface area contributed by atoms with E-state index in [1.165, 1.54) is 0 Å². The van der Waals surface area contributed by atoms with Crippen LogP contribution in [0.25, 0.3) is 11.1 Å². The van der Waals surface area contributed by atoms with Gasteiger partial charge in [0.05, 0.1) is 19.4 Å². The predicted molar refractivity (Wildman–Crippen MR) is 103 cm³/mol. The lowest BCUT2D eigenvalue weighted by Gasteiger charge is -2.12. The molecule has 0 aliphatic heterocycles. The molecule has 8 nitrogen and oxygen atoms in total. The number of esters is 1. The van der Waals surface area contributed by atoms with Crippen LogP contribution < -0.4 is 10.1 Å². The van der Waals surface area contributed by atoms with Crippen molar-refractivity contribution in [2.45, 2.75) is 26.8 Å². The molecule has 0 spiro atoms. The number of carbonyl (C=O) groups is 1. The summed E-state index contributed by atoms with van der Waals surface area (Å²) in [6, 6.07) is 5.72. The number of aryl methyl sites for hydroxylation is 1. The van der Waals surface area contributed by atoms with E-state index in [2.05, 4.69) is 36.4 Å². The smallest absolute Gasteiger partial charge is 0.376 e. The van der Waals surface area contributed by atoms with E-state index in [0.717, 1.165) is 15.8 Å². The number of carbonyl (C=O) groups excluding carboxylic acids is 1. The van der Waals surface area contributed by atoms with E-state index in [1.54, 1.807) is 14.0 Å². The molecule has 0 saturated carbocycles. The molecule has 0 saturated heterocycles. The first-order chi connectivity index (χ1) is 13.1. The lowest BCUT2D eigenvalue weighted by atomic mass is 10.2. The number of hydrogen-bond donors (Lipinski definition) is 1. The summed E-state index contributed by atoms with van der Waals surface area (Å²) in [5, 5.41) is 7.92. The van der Waals surface area contributed by atoms with E-state index in [1.807, 2.05) is 25.1 Å². The molecule has 2 heterocycles. The Kier molecular flexibility index (Phi) is 5.90. The van der Waals surface area contributed by atoms with Crippen LogP contribution in [0.15, 0.2) is 27.2 Å². The molecule has 9 heteroatoms. The predicted octanol–water partition coefficient (Wildman–Crippen LogP) is 3.74. The van der Waals surface area contributed by atoms with Gasteiger partial charge in [0, 0.05) is 16.6 Å². The summed E-state index contributed by atoms with van der Waals surface area (Å²) in [5.41, 5.74) is 1.88. The number of ether oxygens (including phenoxy) is 2. The Balaban J connectivity index is 2.00. The molecule has 3 aromatic rings. The van der Waals surface area contributed by atoms with Gasteiger partial charge in [-0.25, -0.2) is 9.78 Å². The Morgan fingerprint density at radius 3 is 2.81 bits per heavy atom. The molecule has 0 radical (unpaired) electrons. The van der Waals surface area contributed by atoms with E-state index in [9.17, 15) is 4.79 Å². The van der Waals surface area contributed by atoms with Crippen LogP contribution in [0, 0.1) is 0 Å². The van der Waals surface area contributed by atoms with Crippen molar-refractivity contribution in [2.24, 2.45) is 0 Å². The van der Waals surface area contributed by atoms with Crippen LogP contribution in [0.4, 0.5) is 5.82 Å². The van der Waals surface area contributed by atoms with Crippen molar-refractivity contribution in [1.82, 2.24) is 15.1 Å². The number of rotatable bonds is 7. The summed E-state index contributed by atoms with van der Waals surface area (Å²) >= 11 is 3.46. The Morgan fingerprint density at radius 2 is 2.11 bits per heavy atom. The first-order valence-electron chi connectivity index (χ1n) is 8.47. The minimum Gasteiger partial charge on any atom is -0.496 e. The summed E-state index contributed by atoms with van der Waals surface area (Å²) in [6.07, 6.45) is 0.643. The van der Waals surface area contributed by atoms with Gasteiger partial charge in [0.15, 0.2) is 0 Å². The van der Waals surface area contributed by atoms with Gasteiger partial charge < -0.3 is 19.3 Å². The molecule has 0 fully saturated rings. The number of anilines is 1. The summed E-state index contributed by atoms with van der Waals surface area (Å²) in [7, 11) is 1.61. The maximum absolute atomic E-state index is 12.1. The fourth-order valence-electron chi connectivity index (χ4n) is 2.63. The second kappa shape index (κ2) is 8.34. The molecule has 3 rings (SSSR count). The average Bonchev–Trinajstić information content (AvgIpc) is 3.09. The van der Waals surface area contributed by atoms with Crippen molar-refractivity contribution in [1.29, 1.82) is 0 Å². The fourth-order valence-corrected chi connectivity index (χ4v) is 3.04. The number of fused-ring (bicyclic) bond motifs is 1. The average molecular weight is 435 g/mol. The number of nitrogens with zero attached hydrogens (tertiary/aromatic N) is 3. The van der Waals surface area contributed by atoms with Crippen LogP contribution in [-0.2, 0) is 17.7 Å². The Morgan fingerprint density at radius 1 is 1.30 bits per heavy atom. The van der Waals surface area contributed by atoms with E-state index < -0.39 is 5.97 Å². The van der Waals surface area contributed by atoms with Gasteiger partial charge >= 0.3 is 5.97 Å². The van der Waals surface area contributed by atoms with Crippen molar-refractivity contribution in [2.75, 3.05) is 19.0 Å². The summed E-state index contributed by atoms with van der Waals surface area (Å²) < 4.78 is 16.6. The highest BCUT2D eigenvalue weighted by Crippen LogP contribution is 2.28. The maximum atomic E-state index is 12.1. The molecule has 0 bridgehead atoms. The highest BCUT2D eigenvalue weighted by atomic mass is 79.9. The zero-order valence-electron chi connectivity index (χ0n) is 15.2. The van der Waals surface area contributed by atoms with Crippen LogP contribution in [0.3, 0.4) is 0 Å². The quantitative estimate of drug-likeness (QED) is 0.561. The first-order valence-corrected chi connectivity index (χ1v) is 9.26. The highest BCUT2D eigenvalue weighted by Gasteiger charge is 2.20. The van der Waals surface area contributed by atoms with Gasteiger partial charge in [-0.15, -0.1) is 0 Å². The zero-order chi connectivity index (χ0) is 19.4. The first kappa shape index (κ1) is 19.1. The van der Waals surface area contributed by atoms with Crippen molar-refractivity contribution in [3.63, 3.8) is 0 Å². The number of benzene rings is 1. The number of nitrogens with one attached hydrogen (secondary N) is 1. The van der Waals surface area contributed by atoms with Crippen molar-refractivity contribution >= 4 is 38.8 Å². The van der Waals surface area contributed by atoms with Gasteiger partial charge in [0.1, 0.15) is 17.0 Å². The third-order valence-electron chi connectivity index (χ3n) is 3.89. The summed E-state index contributed by atoms with van der Waals surface area (Å²) in [5.74, 6) is 0.509. The number of methoxy groups -OCH3 is 1. The van der Waals surface area contributed by atoms with E-state index >= 15 is 0 Å². The van der Waals surface area contributed by atoms with E-state index in [0.29, 0.717) is 29.9 Å². The summed E-state index contributed by atoms with van der Waals surface area (Å²) in [6.45, 7) is 4.33. The molecular weight excluding hydrogens is 416 g/mol. The lowest BCUT2D eigenvalue weighted by Crippen LogP contribution is -2.12. The zero-order valence-corrected chi connectivity index (χ0v) is 16.8. The molecule has 27 heavy (non-hydrogen) atoms. The van der Waals surface area contributed by atoms with Crippen LogP contribution in [-0.4, -0.2) is 34.8 Å². The van der Waals surface area contributed by atoms with Gasteiger partial charge in [0.25, 0.3) is 5.71 Å². The Bertz CT molecular complexity index is 973. The van der Waals surface area contributed by atoms with Gasteiger partial charge in [0.2, 0.25) is 5.82 Å². The second-order valence-electron chi connectivity index (χ2n) is 5.59. The maximum Gasteiger partial charge on any atom is 0.376 e. The van der Waals surface area contributed by atoms with Crippen molar-refractivity contribution in [3.8, 4) is 5.75 Å². The molecule has 2 aromatic heterocycles. The monoisotopic (exact) mass is 434 g/mol. The molecule has 0 unspecified atom stereocenters. The van der Waals surface area contributed by atoms with Crippen LogP contribution in [0.5, 0.6) is 5.75 Å². The minimum absolute atomic E-state index is 0.0770. The van der Waals surface area contributed by atoms with Crippen LogP contribution >= 0.6 is 15.9 Å². The molecule has 1 aromatic carbocycles. The molecule has 0 amide bonds. The van der Waals surface area contributed by atoms with Gasteiger partial charge in [-0.3, -0.25) is 0 Å². The van der Waals surface area contributed by atoms with E-state index in [4.69, 9.17) is 14.0 Å². The number of halogens is 1. The molecule has 0 aliphatic rings. The number of aromatic nitrogens is 3. The largest absolute Gasteiger partial charge is 0.496 e. The summed E-state index contributed by atoms with van der Waals surface area (Å²) in [4.78, 5) is 20.6. The van der Waals surface area contributed by atoms with E-state index in [-0.39, 0.29) is 18.1 Å².